The lowest BCUT2D eigenvalue weighted by molar-refractivity contribution is -0.167. The van der Waals surface area contributed by atoms with Gasteiger partial charge in [-0.15, -0.1) is 0 Å². The molecule has 0 amide bonds. The summed E-state index contributed by atoms with van der Waals surface area (Å²) in [6.07, 6.45) is 40.8. The third-order valence-electron chi connectivity index (χ3n) is 10.9. The maximum Gasteiger partial charge on any atom is 0.306 e. The summed E-state index contributed by atoms with van der Waals surface area (Å²) in [5.41, 5.74) is 0. The van der Waals surface area contributed by atoms with Crippen molar-refractivity contribution in [2.24, 2.45) is 5.92 Å². The molecular weight excluding hydrogens is 661 g/mol. The fourth-order valence-electron chi connectivity index (χ4n) is 6.95. The Morgan fingerprint density at radius 2 is 0.660 bits per heavy atom. The van der Waals surface area contributed by atoms with Crippen LogP contribution in [0.3, 0.4) is 0 Å². The van der Waals surface area contributed by atoms with Crippen molar-refractivity contribution >= 4 is 17.9 Å². The molecule has 0 bridgehead atoms. The molecule has 1 unspecified atom stereocenters. The third-order valence-corrected chi connectivity index (χ3v) is 10.9. The first kappa shape index (κ1) is 51.4. The lowest BCUT2D eigenvalue weighted by atomic mass is 10.00. The molecule has 6 nitrogen and oxygen atoms in total. The number of rotatable bonds is 42. The number of carbonyl (C=O) groups is 3. The SMILES string of the molecule is CCCCCCCCCCCCCCCC(=O)OC[C@@H](COC(=O)CCCCCCCCC(C)CC)OC(=O)CCCCCCCCCCCCCC. The Morgan fingerprint density at radius 1 is 0.377 bits per heavy atom. The summed E-state index contributed by atoms with van der Waals surface area (Å²) in [7, 11) is 0. The largest absolute Gasteiger partial charge is 0.462 e. The summed E-state index contributed by atoms with van der Waals surface area (Å²) in [6, 6.07) is 0. The van der Waals surface area contributed by atoms with Gasteiger partial charge in [-0.1, -0.05) is 220 Å². The molecule has 2 atom stereocenters. The molecule has 0 heterocycles. The summed E-state index contributed by atoms with van der Waals surface area (Å²) in [6.45, 7) is 8.97. The molecule has 0 aliphatic heterocycles. The van der Waals surface area contributed by atoms with Gasteiger partial charge >= 0.3 is 17.9 Å². The molecule has 6 heteroatoms. The first-order valence-corrected chi connectivity index (χ1v) is 23.4. The summed E-state index contributed by atoms with van der Waals surface area (Å²) < 4.78 is 16.7. The van der Waals surface area contributed by atoms with Crippen LogP contribution >= 0.6 is 0 Å². The topological polar surface area (TPSA) is 78.9 Å². The second-order valence-corrected chi connectivity index (χ2v) is 16.3. The van der Waals surface area contributed by atoms with E-state index < -0.39 is 6.10 Å². The predicted octanol–water partition coefficient (Wildman–Crippen LogP) is 14.7. The monoisotopic (exact) mass is 751 g/mol. The Hall–Kier alpha value is -1.59. The molecule has 314 valence electrons. The van der Waals surface area contributed by atoms with Gasteiger partial charge in [0.1, 0.15) is 13.2 Å². The lowest BCUT2D eigenvalue weighted by Crippen LogP contribution is -2.30. The Labute approximate surface area is 329 Å². The van der Waals surface area contributed by atoms with Gasteiger partial charge in [-0.2, -0.15) is 0 Å². The quantitative estimate of drug-likeness (QED) is 0.0351. The summed E-state index contributed by atoms with van der Waals surface area (Å²) in [5, 5.41) is 0. The van der Waals surface area contributed by atoms with Crippen molar-refractivity contribution in [3.63, 3.8) is 0 Å². The third kappa shape index (κ3) is 39.9. The molecule has 0 fully saturated rings. The first-order valence-electron chi connectivity index (χ1n) is 23.4. The van der Waals surface area contributed by atoms with E-state index in [4.69, 9.17) is 14.2 Å². The van der Waals surface area contributed by atoms with Gasteiger partial charge in [0.2, 0.25) is 0 Å². The highest BCUT2D eigenvalue weighted by Crippen LogP contribution is 2.17. The van der Waals surface area contributed by atoms with Crippen LogP contribution in [0.5, 0.6) is 0 Å². The summed E-state index contributed by atoms with van der Waals surface area (Å²) >= 11 is 0. The molecule has 0 saturated heterocycles. The summed E-state index contributed by atoms with van der Waals surface area (Å²) in [4.78, 5) is 37.7. The number of hydrogen-bond acceptors (Lipinski definition) is 6. The Kier molecular flexibility index (Phi) is 40.3. The van der Waals surface area contributed by atoms with Gasteiger partial charge in [0.05, 0.1) is 0 Å². The van der Waals surface area contributed by atoms with Crippen LogP contribution in [0.15, 0.2) is 0 Å². The zero-order valence-corrected chi connectivity index (χ0v) is 36.0. The Bertz CT molecular complexity index is 798. The summed E-state index contributed by atoms with van der Waals surface area (Å²) in [5.74, 6) is -0.0403. The van der Waals surface area contributed by atoms with Crippen molar-refractivity contribution in [2.75, 3.05) is 13.2 Å². The fourth-order valence-corrected chi connectivity index (χ4v) is 6.95. The lowest BCUT2D eigenvalue weighted by Gasteiger charge is -2.18. The highest BCUT2D eigenvalue weighted by Gasteiger charge is 2.19. The van der Waals surface area contributed by atoms with E-state index in [1.54, 1.807) is 0 Å². The number of ether oxygens (including phenoxy) is 3. The van der Waals surface area contributed by atoms with Crippen molar-refractivity contribution in [3.05, 3.63) is 0 Å². The van der Waals surface area contributed by atoms with Gasteiger partial charge in [-0.05, 0) is 25.2 Å². The van der Waals surface area contributed by atoms with Crippen LogP contribution in [0.1, 0.15) is 259 Å². The second-order valence-electron chi connectivity index (χ2n) is 16.3. The van der Waals surface area contributed by atoms with E-state index in [9.17, 15) is 14.4 Å². The molecule has 0 aromatic rings. The maximum atomic E-state index is 12.7. The van der Waals surface area contributed by atoms with E-state index in [1.807, 2.05) is 0 Å². The van der Waals surface area contributed by atoms with E-state index in [0.29, 0.717) is 19.3 Å². The van der Waals surface area contributed by atoms with Crippen LogP contribution in [0.4, 0.5) is 0 Å². The molecule has 0 spiro atoms. The van der Waals surface area contributed by atoms with Crippen molar-refractivity contribution in [2.45, 2.75) is 265 Å². The van der Waals surface area contributed by atoms with Gasteiger partial charge in [0.15, 0.2) is 6.10 Å². The van der Waals surface area contributed by atoms with Crippen LogP contribution in [0.2, 0.25) is 0 Å². The predicted molar refractivity (Wildman–Crippen MR) is 224 cm³/mol. The molecule has 0 aromatic heterocycles. The van der Waals surface area contributed by atoms with Crippen molar-refractivity contribution in [1.29, 1.82) is 0 Å². The molecule has 0 saturated carbocycles. The molecule has 0 aliphatic carbocycles. The van der Waals surface area contributed by atoms with Crippen molar-refractivity contribution in [3.8, 4) is 0 Å². The normalized spacial score (nSPS) is 12.5. The average Bonchev–Trinajstić information content (AvgIpc) is 3.15. The van der Waals surface area contributed by atoms with Crippen LogP contribution in [0.25, 0.3) is 0 Å². The van der Waals surface area contributed by atoms with Gasteiger partial charge in [0, 0.05) is 19.3 Å². The number of hydrogen-bond donors (Lipinski definition) is 0. The average molecular weight is 751 g/mol. The Morgan fingerprint density at radius 3 is 0.981 bits per heavy atom. The van der Waals surface area contributed by atoms with Gasteiger partial charge in [-0.25, -0.2) is 0 Å². The minimum absolute atomic E-state index is 0.0641. The number of carbonyl (C=O) groups excluding carboxylic acids is 3. The van der Waals surface area contributed by atoms with E-state index in [0.717, 1.165) is 63.7 Å². The zero-order valence-electron chi connectivity index (χ0n) is 36.0. The molecule has 0 N–H and O–H groups in total. The molecule has 0 aliphatic rings. The second kappa shape index (κ2) is 41.6. The molecule has 53 heavy (non-hydrogen) atoms. The zero-order chi connectivity index (χ0) is 38.9. The van der Waals surface area contributed by atoms with Gasteiger partial charge < -0.3 is 14.2 Å². The highest BCUT2D eigenvalue weighted by atomic mass is 16.6. The standard InChI is InChI=1S/C47H90O6/c1-5-8-10-12-14-16-18-20-22-23-25-30-34-38-45(48)51-41-44(42-52-46(49)39-35-31-28-27-29-33-37-43(4)7-3)53-47(50)40-36-32-26-24-21-19-17-15-13-11-9-6-2/h43-44H,5-42H2,1-4H3/t43?,44-/m0/s1. The minimum Gasteiger partial charge on any atom is -0.462 e. The fraction of sp³-hybridized carbons (Fsp3) is 0.936. The highest BCUT2D eigenvalue weighted by molar-refractivity contribution is 5.71. The molecule has 0 aromatic carbocycles. The van der Waals surface area contributed by atoms with E-state index in [-0.39, 0.29) is 31.1 Å². The first-order chi connectivity index (χ1) is 25.9. The Balaban J connectivity index is 4.33. The maximum absolute atomic E-state index is 12.7. The number of esters is 3. The van der Waals surface area contributed by atoms with Crippen LogP contribution in [-0.2, 0) is 28.6 Å². The molecule has 0 radical (unpaired) electrons. The van der Waals surface area contributed by atoms with Crippen LogP contribution in [-0.4, -0.2) is 37.2 Å². The van der Waals surface area contributed by atoms with Crippen molar-refractivity contribution in [1.82, 2.24) is 0 Å². The number of unbranched alkanes of at least 4 members (excludes halogenated alkanes) is 28. The van der Waals surface area contributed by atoms with Gasteiger partial charge in [-0.3, -0.25) is 14.4 Å². The van der Waals surface area contributed by atoms with E-state index in [1.165, 1.54) is 154 Å². The van der Waals surface area contributed by atoms with Crippen LogP contribution < -0.4 is 0 Å². The smallest absolute Gasteiger partial charge is 0.306 e. The molecular formula is C47H90O6. The van der Waals surface area contributed by atoms with Crippen molar-refractivity contribution < 1.29 is 28.6 Å². The van der Waals surface area contributed by atoms with Crippen LogP contribution in [0, 0.1) is 5.92 Å². The van der Waals surface area contributed by atoms with E-state index >= 15 is 0 Å². The minimum atomic E-state index is -0.759. The molecule has 0 rings (SSSR count). The van der Waals surface area contributed by atoms with E-state index in [2.05, 4.69) is 27.7 Å². The van der Waals surface area contributed by atoms with Gasteiger partial charge in [0.25, 0.3) is 0 Å².